The van der Waals surface area contributed by atoms with E-state index in [2.05, 4.69) is 10.4 Å². The Balaban J connectivity index is 1.50. The van der Waals surface area contributed by atoms with E-state index in [1.54, 1.807) is 40.7 Å². The van der Waals surface area contributed by atoms with Gasteiger partial charge in [0, 0.05) is 36.6 Å². The van der Waals surface area contributed by atoms with Gasteiger partial charge in [-0.05, 0) is 48.9 Å². The van der Waals surface area contributed by atoms with Crippen molar-refractivity contribution in [3.8, 4) is 17.0 Å². The number of nitrogens with one attached hydrogen (secondary N) is 1. The van der Waals surface area contributed by atoms with Crippen LogP contribution in [-0.4, -0.2) is 33.7 Å². The Morgan fingerprint density at radius 1 is 1.10 bits per heavy atom. The third-order valence-corrected chi connectivity index (χ3v) is 5.02. The van der Waals surface area contributed by atoms with Gasteiger partial charge in [0.15, 0.2) is 0 Å². The molecular weight excluding hydrogens is 380 g/mol. The first-order valence-electron chi connectivity index (χ1n) is 9.64. The summed E-state index contributed by atoms with van der Waals surface area (Å²) in [5.41, 5.74) is 3.49. The summed E-state index contributed by atoms with van der Waals surface area (Å²) in [6, 6.07) is 16.7. The molecule has 7 nitrogen and oxygen atoms in total. The molecule has 4 rings (SSSR count). The summed E-state index contributed by atoms with van der Waals surface area (Å²) in [4.78, 5) is 25.2. The quantitative estimate of drug-likeness (QED) is 0.538. The molecule has 1 amide bonds. The van der Waals surface area contributed by atoms with Gasteiger partial charge in [-0.15, -0.1) is 0 Å². The molecule has 1 N–H and O–H groups in total. The van der Waals surface area contributed by atoms with Gasteiger partial charge in [0.25, 0.3) is 11.5 Å². The van der Waals surface area contributed by atoms with Crippen LogP contribution in [0.15, 0.2) is 71.8 Å². The standard InChI is InChI=1S/C23H22N4O3/c1-16-5-3-4-6-19(16)22(28)24-11-12-26-13-14-27-21(23(26)29)15-20(25-27)17-7-9-18(30-2)10-8-17/h3-10,13-15H,11-12H2,1-2H3,(H,24,28). The molecule has 0 saturated heterocycles. The number of nitrogens with zero attached hydrogens (tertiary/aromatic N) is 3. The highest BCUT2D eigenvalue weighted by Crippen LogP contribution is 2.21. The average Bonchev–Trinajstić information content (AvgIpc) is 3.21. The first-order valence-corrected chi connectivity index (χ1v) is 9.64. The van der Waals surface area contributed by atoms with Gasteiger partial charge < -0.3 is 14.6 Å². The Bertz CT molecular complexity index is 1260. The van der Waals surface area contributed by atoms with Crippen molar-refractivity contribution in [2.45, 2.75) is 13.5 Å². The smallest absolute Gasteiger partial charge is 0.276 e. The molecule has 0 radical (unpaired) electrons. The monoisotopic (exact) mass is 402 g/mol. The molecule has 2 aromatic heterocycles. The zero-order valence-corrected chi connectivity index (χ0v) is 16.8. The van der Waals surface area contributed by atoms with E-state index < -0.39 is 0 Å². The van der Waals surface area contributed by atoms with E-state index in [1.165, 1.54) is 0 Å². The lowest BCUT2D eigenvalue weighted by Crippen LogP contribution is -2.31. The highest BCUT2D eigenvalue weighted by atomic mass is 16.5. The lowest BCUT2D eigenvalue weighted by atomic mass is 10.1. The van der Waals surface area contributed by atoms with Gasteiger partial charge in [-0.1, -0.05) is 18.2 Å². The Morgan fingerprint density at radius 3 is 2.60 bits per heavy atom. The van der Waals surface area contributed by atoms with Gasteiger partial charge in [-0.3, -0.25) is 9.59 Å². The number of rotatable bonds is 6. The van der Waals surface area contributed by atoms with E-state index in [1.807, 2.05) is 49.4 Å². The molecule has 30 heavy (non-hydrogen) atoms. The van der Waals surface area contributed by atoms with Crippen molar-refractivity contribution in [3.05, 3.63) is 88.5 Å². The van der Waals surface area contributed by atoms with Crippen LogP contribution in [0.5, 0.6) is 5.75 Å². The number of amides is 1. The minimum absolute atomic E-state index is 0.145. The number of methoxy groups -OCH3 is 1. The number of carbonyl (C=O) groups is 1. The number of aryl methyl sites for hydroxylation is 1. The van der Waals surface area contributed by atoms with Gasteiger partial charge in [0.2, 0.25) is 0 Å². The molecule has 0 unspecified atom stereocenters. The number of benzene rings is 2. The first kappa shape index (κ1) is 19.4. The fourth-order valence-electron chi connectivity index (χ4n) is 3.32. The molecule has 0 saturated carbocycles. The van der Waals surface area contributed by atoms with Crippen molar-refractivity contribution in [1.29, 1.82) is 0 Å². The van der Waals surface area contributed by atoms with E-state index in [-0.39, 0.29) is 11.5 Å². The zero-order valence-electron chi connectivity index (χ0n) is 16.8. The van der Waals surface area contributed by atoms with Gasteiger partial charge in [0.1, 0.15) is 11.3 Å². The molecule has 2 aromatic carbocycles. The largest absolute Gasteiger partial charge is 0.497 e. The maximum absolute atomic E-state index is 12.8. The van der Waals surface area contributed by atoms with Crippen LogP contribution >= 0.6 is 0 Å². The van der Waals surface area contributed by atoms with E-state index in [9.17, 15) is 9.59 Å². The maximum atomic E-state index is 12.8. The van der Waals surface area contributed by atoms with E-state index >= 15 is 0 Å². The molecule has 2 heterocycles. The Kier molecular flexibility index (Phi) is 5.34. The molecule has 0 bridgehead atoms. The average molecular weight is 402 g/mol. The SMILES string of the molecule is COc1ccc(-c2cc3c(=O)n(CCNC(=O)c4ccccc4C)ccn3n2)cc1. The summed E-state index contributed by atoms with van der Waals surface area (Å²) in [5, 5.41) is 7.36. The lowest BCUT2D eigenvalue weighted by Gasteiger charge is -2.09. The molecule has 0 atom stereocenters. The van der Waals surface area contributed by atoms with Crippen molar-refractivity contribution in [1.82, 2.24) is 19.5 Å². The Labute approximate surface area is 173 Å². The fourth-order valence-corrected chi connectivity index (χ4v) is 3.32. The minimum Gasteiger partial charge on any atom is -0.497 e. The molecule has 0 spiro atoms. The molecule has 0 aliphatic carbocycles. The van der Waals surface area contributed by atoms with Gasteiger partial charge >= 0.3 is 0 Å². The predicted octanol–water partition coefficient (Wildman–Crippen LogP) is 2.91. The third-order valence-electron chi connectivity index (χ3n) is 5.02. The molecule has 7 heteroatoms. The lowest BCUT2D eigenvalue weighted by molar-refractivity contribution is 0.0951. The summed E-state index contributed by atoms with van der Waals surface area (Å²) >= 11 is 0. The molecule has 0 fully saturated rings. The molecular formula is C23H22N4O3. The fraction of sp³-hybridized carbons (Fsp3) is 0.174. The second-order valence-corrected chi connectivity index (χ2v) is 6.96. The van der Waals surface area contributed by atoms with Crippen LogP contribution in [0.4, 0.5) is 0 Å². The van der Waals surface area contributed by atoms with Crippen LogP contribution in [0.2, 0.25) is 0 Å². The minimum atomic E-state index is -0.157. The van der Waals surface area contributed by atoms with Crippen molar-refractivity contribution >= 4 is 11.4 Å². The van der Waals surface area contributed by atoms with Crippen molar-refractivity contribution in [2.24, 2.45) is 0 Å². The summed E-state index contributed by atoms with van der Waals surface area (Å²) in [6.45, 7) is 2.62. The van der Waals surface area contributed by atoms with Crippen LogP contribution in [0.1, 0.15) is 15.9 Å². The van der Waals surface area contributed by atoms with Crippen LogP contribution in [0.3, 0.4) is 0 Å². The van der Waals surface area contributed by atoms with Crippen molar-refractivity contribution in [2.75, 3.05) is 13.7 Å². The number of carbonyl (C=O) groups excluding carboxylic acids is 1. The normalized spacial score (nSPS) is 10.9. The third kappa shape index (κ3) is 3.82. The zero-order chi connectivity index (χ0) is 21.1. The van der Waals surface area contributed by atoms with Gasteiger partial charge in [-0.2, -0.15) is 5.10 Å². The number of ether oxygens (including phenoxy) is 1. The van der Waals surface area contributed by atoms with Crippen LogP contribution < -0.4 is 15.6 Å². The molecule has 152 valence electrons. The molecule has 0 aliphatic heterocycles. The second-order valence-electron chi connectivity index (χ2n) is 6.96. The Morgan fingerprint density at radius 2 is 1.87 bits per heavy atom. The van der Waals surface area contributed by atoms with Crippen molar-refractivity contribution < 1.29 is 9.53 Å². The van der Waals surface area contributed by atoms with Gasteiger partial charge in [0.05, 0.1) is 12.8 Å². The number of fused-ring (bicyclic) bond motifs is 1. The van der Waals surface area contributed by atoms with Crippen LogP contribution in [-0.2, 0) is 6.54 Å². The topological polar surface area (TPSA) is 77.6 Å². The van der Waals surface area contributed by atoms with Crippen LogP contribution in [0, 0.1) is 6.92 Å². The summed E-state index contributed by atoms with van der Waals surface area (Å²) in [5.74, 6) is 0.617. The molecule has 0 aliphatic rings. The van der Waals surface area contributed by atoms with Crippen molar-refractivity contribution in [3.63, 3.8) is 0 Å². The summed E-state index contributed by atoms with van der Waals surface area (Å²) < 4.78 is 8.33. The summed E-state index contributed by atoms with van der Waals surface area (Å²) in [6.07, 6.45) is 3.42. The molecule has 4 aromatic rings. The van der Waals surface area contributed by atoms with E-state index in [0.29, 0.717) is 29.9 Å². The second kappa shape index (κ2) is 8.24. The highest BCUT2D eigenvalue weighted by molar-refractivity contribution is 5.95. The Hall–Kier alpha value is -3.87. The van der Waals surface area contributed by atoms with E-state index in [4.69, 9.17) is 4.74 Å². The summed E-state index contributed by atoms with van der Waals surface area (Å²) in [7, 11) is 1.62. The number of aromatic nitrogens is 3. The van der Waals surface area contributed by atoms with Crippen LogP contribution in [0.25, 0.3) is 16.8 Å². The first-order chi connectivity index (χ1) is 14.6. The van der Waals surface area contributed by atoms with E-state index in [0.717, 1.165) is 16.9 Å². The maximum Gasteiger partial charge on any atom is 0.276 e. The number of hydrogen-bond acceptors (Lipinski definition) is 4. The predicted molar refractivity (Wildman–Crippen MR) is 115 cm³/mol. The highest BCUT2D eigenvalue weighted by Gasteiger charge is 2.11. The van der Waals surface area contributed by atoms with Gasteiger partial charge in [-0.25, -0.2) is 4.52 Å². The number of hydrogen-bond donors (Lipinski definition) is 1.